The van der Waals surface area contributed by atoms with Crippen molar-refractivity contribution in [1.29, 1.82) is 0 Å². The van der Waals surface area contributed by atoms with E-state index in [-0.39, 0.29) is 6.04 Å². The quantitative estimate of drug-likeness (QED) is 0.840. The van der Waals surface area contributed by atoms with Gasteiger partial charge in [-0.1, -0.05) is 19.1 Å². The first kappa shape index (κ1) is 14.0. The molecule has 0 bridgehead atoms. The van der Waals surface area contributed by atoms with Gasteiger partial charge in [-0.3, -0.25) is 0 Å². The van der Waals surface area contributed by atoms with E-state index < -0.39 is 11.7 Å². The summed E-state index contributed by atoms with van der Waals surface area (Å²) in [5, 5.41) is 3.26. The van der Waals surface area contributed by atoms with Crippen LogP contribution >= 0.6 is 0 Å². The van der Waals surface area contributed by atoms with Crippen molar-refractivity contribution < 1.29 is 13.2 Å². The maximum atomic E-state index is 12.5. The van der Waals surface area contributed by atoms with Crippen molar-refractivity contribution in [3.8, 4) is 0 Å². The fourth-order valence-corrected chi connectivity index (χ4v) is 1.63. The van der Waals surface area contributed by atoms with Gasteiger partial charge in [0.15, 0.2) is 0 Å². The molecule has 0 saturated heterocycles. The highest BCUT2D eigenvalue weighted by Crippen LogP contribution is 2.30. The van der Waals surface area contributed by atoms with Crippen molar-refractivity contribution in [2.24, 2.45) is 0 Å². The Morgan fingerprint density at radius 1 is 1.24 bits per heavy atom. The summed E-state index contributed by atoms with van der Waals surface area (Å²) >= 11 is 0. The number of halogens is 3. The zero-order valence-corrected chi connectivity index (χ0v) is 10.3. The van der Waals surface area contributed by atoms with Crippen molar-refractivity contribution in [3.63, 3.8) is 0 Å². The Bertz CT molecular complexity index is 360. The molecular weight excluding hydrogens is 227 g/mol. The van der Waals surface area contributed by atoms with Crippen LogP contribution in [0.4, 0.5) is 13.2 Å². The zero-order valence-electron chi connectivity index (χ0n) is 10.3. The summed E-state index contributed by atoms with van der Waals surface area (Å²) in [4.78, 5) is 0. The van der Waals surface area contributed by atoms with Crippen LogP contribution in [0.5, 0.6) is 0 Å². The van der Waals surface area contributed by atoms with E-state index in [2.05, 4.69) is 5.32 Å². The van der Waals surface area contributed by atoms with E-state index in [1.54, 1.807) is 6.07 Å². The summed E-state index contributed by atoms with van der Waals surface area (Å²) in [5.74, 6) is 0. The van der Waals surface area contributed by atoms with E-state index in [1.165, 1.54) is 12.1 Å². The third kappa shape index (κ3) is 4.04. The molecule has 0 heterocycles. The summed E-state index contributed by atoms with van der Waals surface area (Å²) in [6.07, 6.45) is -3.32. The van der Waals surface area contributed by atoms with E-state index in [0.717, 1.165) is 12.5 Å². The van der Waals surface area contributed by atoms with Gasteiger partial charge in [0.1, 0.15) is 0 Å². The molecule has 0 aliphatic carbocycles. The van der Waals surface area contributed by atoms with Crippen LogP contribution in [0.3, 0.4) is 0 Å². The van der Waals surface area contributed by atoms with Crippen molar-refractivity contribution in [1.82, 2.24) is 5.32 Å². The van der Waals surface area contributed by atoms with Crippen molar-refractivity contribution in [2.75, 3.05) is 0 Å². The number of benzene rings is 1. The highest BCUT2D eigenvalue weighted by Gasteiger charge is 2.30. The number of nitrogens with one attached hydrogen (secondary N) is 1. The maximum absolute atomic E-state index is 12.5. The Kier molecular flexibility index (Phi) is 4.57. The molecule has 0 fully saturated rings. The summed E-state index contributed by atoms with van der Waals surface area (Å²) in [6.45, 7) is 5.93. The summed E-state index contributed by atoms with van der Waals surface area (Å²) in [6, 6.07) is 5.69. The first-order valence-corrected chi connectivity index (χ1v) is 5.77. The van der Waals surface area contributed by atoms with Gasteiger partial charge in [0, 0.05) is 12.1 Å². The van der Waals surface area contributed by atoms with Gasteiger partial charge in [-0.2, -0.15) is 13.2 Å². The van der Waals surface area contributed by atoms with Gasteiger partial charge in [-0.25, -0.2) is 0 Å². The molecule has 4 heteroatoms. The Hall–Kier alpha value is -1.03. The van der Waals surface area contributed by atoms with Gasteiger partial charge in [-0.05, 0) is 38.0 Å². The third-order valence-electron chi connectivity index (χ3n) is 2.86. The lowest BCUT2D eigenvalue weighted by molar-refractivity contribution is -0.137. The number of rotatable bonds is 4. The SMILES string of the molecule is CCC(C)NC(C)c1cccc(C(F)(F)F)c1. The standard InChI is InChI=1S/C13H18F3N/c1-4-9(2)17-10(3)11-6-5-7-12(8-11)13(14,15)16/h5-10,17H,4H2,1-3H3. The van der Waals surface area contributed by atoms with Crippen molar-refractivity contribution >= 4 is 0 Å². The molecule has 0 aromatic heterocycles. The molecule has 0 aliphatic rings. The Labute approximate surface area is 100 Å². The Morgan fingerprint density at radius 2 is 1.88 bits per heavy atom. The van der Waals surface area contributed by atoms with Gasteiger partial charge < -0.3 is 5.32 Å². The van der Waals surface area contributed by atoms with Crippen LogP contribution in [0.2, 0.25) is 0 Å². The minimum atomic E-state index is -4.27. The molecule has 0 aliphatic heterocycles. The molecule has 1 rings (SSSR count). The van der Waals surface area contributed by atoms with Gasteiger partial charge in [0.2, 0.25) is 0 Å². The van der Waals surface area contributed by atoms with Crippen molar-refractivity contribution in [3.05, 3.63) is 35.4 Å². The molecule has 0 spiro atoms. The second kappa shape index (κ2) is 5.54. The molecule has 2 unspecified atom stereocenters. The predicted molar refractivity (Wildman–Crippen MR) is 62.7 cm³/mol. The molecule has 0 saturated carbocycles. The van der Waals surface area contributed by atoms with E-state index in [0.29, 0.717) is 11.6 Å². The van der Waals surface area contributed by atoms with E-state index in [9.17, 15) is 13.2 Å². The van der Waals surface area contributed by atoms with Gasteiger partial charge in [0.05, 0.1) is 5.56 Å². The number of hydrogen-bond donors (Lipinski definition) is 1. The average molecular weight is 245 g/mol. The van der Waals surface area contributed by atoms with Crippen LogP contribution in [0, 0.1) is 0 Å². The van der Waals surface area contributed by atoms with E-state index in [4.69, 9.17) is 0 Å². The first-order valence-electron chi connectivity index (χ1n) is 5.77. The normalized spacial score (nSPS) is 15.6. The first-order chi connectivity index (χ1) is 7.84. The van der Waals surface area contributed by atoms with Gasteiger partial charge in [0.25, 0.3) is 0 Å². The minimum Gasteiger partial charge on any atom is -0.308 e. The maximum Gasteiger partial charge on any atom is 0.416 e. The summed E-state index contributed by atoms with van der Waals surface area (Å²) in [7, 11) is 0. The molecule has 0 amide bonds. The van der Waals surface area contributed by atoms with Crippen LogP contribution in [-0.2, 0) is 6.18 Å². The number of hydrogen-bond acceptors (Lipinski definition) is 1. The van der Waals surface area contributed by atoms with Crippen molar-refractivity contribution in [2.45, 2.75) is 45.5 Å². The Balaban J connectivity index is 2.84. The molecule has 1 aromatic rings. The molecular formula is C13H18F3N. The molecule has 0 radical (unpaired) electrons. The smallest absolute Gasteiger partial charge is 0.308 e. The zero-order chi connectivity index (χ0) is 13.1. The molecule has 96 valence electrons. The van der Waals surface area contributed by atoms with Crippen LogP contribution in [0.1, 0.15) is 44.4 Å². The van der Waals surface area contributed by atoms with Crippen LogP contribution in [0.25, 0.3) is 0 Å². The van der Waals surface area contributed by atoms with Gasteiger partial charge >= 0.3 is 6.18 Å². The summed E-state index contributed by atoms with van der Waals surface area (Å²) in [5.41, 5.74) is 0.0768. The fraction of sp³-hybridized carbons (Fsp3) is 0.538. The number of alkyl halides is 3. The largest absolute Gasteiger partial charge is 0.416 e. The average Bonchev–Trinajstić information content (AvgIpc) is 2.28. The van der Waals surface area contributed by atoms with Crippen LogP contribution in [0.15, 0.2) is 24.3 Å². The molecule has 1 aromatic carbocycles. The monoisotopic (exact) mass is 245 g/mol. The lowest BCUT2D eigenvalue weighted by Gasteiger charge is -2.20. The molecule has 17 heavy (non-hydrogen) atoms. The highest BCUT2D eigenvalue weighted by atomic mass is 19.4. The third-order valence-corrected chi connectivity index (χ3v) is 2.86. The molecule has 1 N–H and O–H groups in total. The molecule has 1 nitrogen and oxygen atoms in total. The fourth-order valence-electron chi connectivity index (χ4n) is 1.63. The molecule has 2 atom stereocenters. The second-order valence-corrected chi connectivity index (χ2v) is 4.32. The lowest BCUT2D eigenvalue weighted by Crippen LogP contribution is -2.28. The topological polar surface area (TPSA) is 12.0 Å². The van der Waals surface area contributed by atoms with Crippen LogP contribution < -0.4 is 5.32 Å². The van der Waals surface area contributed by atoms with E-state index >= 15 is 0 Å². The predicted octanol–water partition coefficient (Wildman–Crippen LogP) is 4.15. The summed E-state index contributed by atoms with van der Waals surface area (Å²) < 4.78 is 37.6. The van der Waals surface area contributed by atoms with Crippen LogP contribution in [-0.4, -0.2) is 6.04 Å². The highest BCUT2D eigenvalue weighted by molar-refractivity contribution is 5.27. The van der Waals surface area contributed by atoms with Gasteiger partial charge in [-0.15, -0.1) is 0 Å². The van der Waals surface area contributed by atoms with E-state index in [1.807, 2.05) is 20.8 Å². The second-order valence-electron chi connectivity index (χ2n) is 4.32. The minimum absolute atomic E-state index is 0.0766. The lowest BCUT2D eigenvalue weighted by atomic mass is 10.0. The Morgan fingerprint density at radius 3 is 2.41 bits per heavy atom.